The highest BCUT2D eigenvalue weighted by atomic mass is 16.7. The predicted molar refractivity (Wildman–Crippen MR) is 103 cm³/mol. The molecule has 2 rings (SSSR count). The number of methoxy groups -OCH3 is 1. The van der Waals surface area contributed by atoms with Gasteiger partial charge in [0.05, 0.1) is 18.3 Å². The second-order valence-corrected chi connectivity index (χ2v) is 5.99. The van der Waals surface area contributed by atoms with Crippen molar-refractivity contribution in [3.63, 3.8) is 0 Å². The summed E-state index contributed by atoms with van der Waals surface area (Å²) >= 11 is 0. The standard InChI is InChI=1S/C22H26O4/c1-17(18(2)26-16-24-3)21(19-10-6-4-7-11-19)14-15-25-22(23)20-12-8-5-9-13-20/h4-13,18H,14-16H2,1-3H3/b21-17-. The van der Waals surface area contributed by atoms with E-state index in [9.17, 15) is 4.79 Å². The molecule has 0 aliphatic carbocycles. The summed E-state index contributed by atoms with van der Waals surface area (Å²) in [5, 5.41) is 0. The summed E-state index contributed by atoms with van der Waals surface area (Å²) < 4.78 is 16.1. The molecule has 1 atom stereocenters. The van der Waals surface area contributed by atoms with Gasteiger partial charge >= 0.3 is 5.97 Å². The molecule has 0 amide bonds. The van der Waals surface area contributed by atoms with Crippen molar-refractivity contribution < 1.29 is 19.0 Å². The molecule has 2 aromatic rings. The Morgan fingerprint density at radius 3 is 2.12 bits per heavy atom. The van der Waals surface area contributed by atoms with Crippen molar-refractivity contribution in [1.82, 2.24) is 0 Å². The predicted octanol–water partition coefficient (Wildman–Crippen LogP) is 4.72. The van der Waals surface area contributed by atoms with Gasteiger partial charge in [0.15, 0.2) is 0 Å². The Bertz CT molecular complexity index is 707. The third kappa shape index (κ3) is 5.83. The first-order chi connectivity index (χ1) is 12.6. The van der Waals surface area contributed by atoms with Crippen LogP contribution in [-0.4, -0.2) is 32.6 Å². The zero-order valence-corrected chi connectivity index (χ0v) is 15.6. The van der Waals surface area contributed by atoms with Crippen LogP contribution in [-0.2, 0) is 14.2 Å². The molecule has 2 aromatic carbocycles. The van der Waals surface area contributed by atoms with Crippen LogP contribution in [0, 0.1) is 0 Å². The van der Waals surface area contributed by atoms with Crippen LogP contribution in [0.1, 0.15) is 36.2 Å². The minimum Gasteiger partial charge on any atom is -0.462 e. The molecule has 4 heteroatoms. The van der Waals surface area contributed by atoms with E-state index in [0.717, 1.165) is 16.7 Å². The lowest BCUT2D eigenvalue weighted by Crippen LogP contribution is -2.14. The van der Waals surface area contributed by atoms with Gasteiger partial charge in [0, 0.05) is 13.5 Å². The highest BCUT2D eigenvalue weighted by Gasteiger charge is 2.14. The molecular weight excluding hydrogens is 328 g/mol. The molecule has 0 bridgehead atoms. The minimum absolute atomic E-state index is 0.0880. The molecule has 4 nitrogen and oxygen atoms in total. The first-order valence-corrected chi connectivity index (χ1v) is 8.71. The second kappa shape index (κ2) is 10.5. The van der Waals surface area contributed by atoms with Crippen molar-refractivity contribution in [3.8, 4) is 0 Å². The number of carbonyl (C=O) groups excluding carboxylic acids is 1. The minimum atomic E-state index is -0.306. The van der Waals surface area contributed by atoms with Crippen LogP contribution in [0.3, 0.4) is 0 Å². The monoisotopic (exact) mass is 354 g/mol. The van der Waals surface area contributed by atoms with Gasteiger partial charge in [-0.1, -0.05) is 48.5 Å². The van der Waals surface area contributed by atoms with Gasteiger partial charge in [-0.2, -0.15) is 0 Å². The summed E-state index contributed by atoms with van der Waals surface area (Å²) in [6.45, 7) is 4.59. The number of hydrogen-bond donors (Lipinski definition) is 0. The highest BCUT2D eigenvalue weighted by Crippen LogP contribution is 2.25. The van der Waals surface area contributed by atoms with Crippen LogP contribution in [0.25, 0.3) is 5.57 Å². The van der Waals surface area contributed by atoms with E-state index < -0.39 is 0 Å². The normalized spacial score (nSPS) is 13.0. The third-order valence-corrected chi connectivity index (χ3v) is 4.24. The first-order valence-electron chi connectivity index (χ1n) is 8.71. The summed E-state index contributed by atoms with van der Waals surface area (Å²) in [5.41, 5.74) is 3.89. The number of hydrogen-bond acceptors (Lipinski definition) is 4. The van der Waals surface area contributed by atoms with Gasteiger partial charge in [-0.15, -0.1) is 0 Å². The fraction of sp³-hybridized carbons (Fsp3) is 0.318. The molecule has 26 heavy (non-hydrogen) atoms. The van der Waals surface area contributed by atoms with E-state index in [1.807, 2.05) is 50.2 Å². The topological polar surface area (TPSA) is 44.8 Å². The zero-order valence-electron chi connectivity index (χ0n) is 15.6. The van der Waals surface area contributed by atoms with Crippen LogP contribution in [0.5, 0.6) is 0 Å². The average Bonchev–Trinajstić information content (AvgIpc) is 2.70. The van der Waals surface area contributed by atoms with Gasteiger partial charge in [-0.05, 0) is 42.7 Å². The quantitative estimate of drug-likeness (QED) is 0.483. The van der Waals surface area contributed by atoms with Gasteiger partial charge in [-0.3, -0.25) is 0 Å². The van der Waals surface area contributed by atoms with Crippen LogP contribution in [0.2, 0.25) is 0 Å². The van der Waals surface area contributed by atoms with E-state index in [4.69, 9.17) is 14.2 Å². The Balaban J connectivity index is 2.08. The fourth-order valence-corrected chi connectivity index (χ4v) is 2.65. The number of esters is 1. The molecule has 0 saturated carbocycles. The number of benzene rings is 2. The number of rotatable bonds is 9. The molecule has 0 radical (unpaired) electrons. The van der Waals surface area contributed by atoms with Crippen LogP contribution >= 0.6 is 0 Å². The van der Waals surface area contributed by atoms with E-state index in [2.05, 4.69) is 12.1 Å². The van der Waals surface area contributed by atoms with Crippen molar-refractivity contribution in [2.75, 3.05) is 20.5 Å². The number of carbonyl (C=O) groups is 1. The Morgan fingerprint density at radius 1 is 0.962 bits per heavy atom. The summed E-state index contributed by atoms with van der Waals surface area (Å²) in [7, 11) is 1.60. The molecular formula is C22H26O4. The van der Waals surface area contributed by atoms with Crippen molar-refractivity contribution in [2.24, 2.45) is 0 Å². The maximum Gasteiger partial charge on any atom is 0.338 e. The molecule has 1 unspecified atom stereocenters. The summed E-state index contributed by atoms with van der Waals surface area (Å²) in [4.78, 5) is 12.1. The van der Waals surface area contributed by atoms with E-state index in [0.29, 0.717) is 18.6 Å². The lowest BCUT2D eigenvalue weighted by Gasteiger charge is -2.19. The van der Waals surface area contributed by atoms with Gasteiger partial charge in [0.1, 0.15) is 6.79 Å². The fourth-order valence-electron chi connectivity index (χ4n) is 2.65. The molecule has 0 heterocycles. The Morgan fingerprint density at radius 2 is 1.54 bits per heavy atom. The summed E-state index contributed by atoms with van der Waals surface area (Å²) in [5.74, 6) is -0.306. The smallest absolute Gasteiger partial charge is 0.338 e. The average molecular weight is 354 g/mol. The van der Waals surface area contributed by atoms with Gasteiger partial charge in [0.25, 0.3) is 0 Å². The third-order valence-electron chi connectivity index (χ3n) is 4.24. The molecule has 0 spiro atoms. The molecule has 0 aliphatic heterocycles. The van der Waals surface area contributed by atoms with Crippen LogP contribution in [0.4, 0.5) is 0 Å². The van der Waals surface area contributed by atoms with Gasteiger partial charge in [-0.25, -0.2) is 4.79 Å². The largest absolute Gasteiger partial charge is 0.462 e. The maximum atomic E-state index is 12.1. The van der Waals surface area contributed by atoms with Gasteiger partial charge < -0.3 is 14.2 Å². The molecule has 0 N–H and O–H groups in total. The lowest BCUT2D eigenvalue weighted by atomic mass is 9.95. The highest BCUT2D eigenvalue weighted by molar-refractivity contribution is 5.89. The van der Waals surface area contributed by atoms with E-state index in [-0.39, 0.29) is 18.9 Å². The summed E-state index contributed by atoms with van der Waals surface area (Å²) in [6, 6.07) is 19.1. The Hall–Kier alpha value is -2.43. The first kappa shape index (κ1) is 19.9. The number of ether oxygens (including phenoxy) is 3. The second-order valence-electron chi connectivity index (χ2n) is 5.99. The van der Waals surface area contributed by atoms with Crippen molar-refractivity contribution in [1.29, 1.82) is 0 Å². The van der Waals surface area contributed by atoms with Crippen molar-refractivity contribution in [2.45, 2.75) is 26.4 Å². The van der Waals surface area contributed by atoms with Crippen LogP contribution in [0.15, 0.2) is 66.2 Å². The van der Waals surface area contributed by atoms with Gasteiger partial charge in [0.2, 0.25) is 0 Å². The van der Waals surface area contributed by atoms with Crippen molar-refractivity contribution >= 4 is 11.5 Å². The van der Waals surface area contributed by atoms with E-state index in [1.165, 1.54) is 0 Å². The molecule has 0 saturated heterocycles. The van der Waals surface area contributed by atoms with Crippen molar-refractivity contribution in [3.05, 3.63) is 77.4 Å². The van der Waals surface area contributed by atoms with E-state index in [1.54, 1.807) is 19.2 Å². The lowest BCUT2D eigenvalue weighted by molar-refractivity contribution is -0.0528. The SMILES string of the molecule is COCOC(C)/C(C)=C(/CCOC(=O)c1ccccc1)c1ccccc1. The molecule has 138 valence electrons. The van der Waals surface area contributed by atoms with Crippen LogP contribution < -0.4 is 0 Å². The maximum absolute atomic E-state index is 12.1. The summed E-state index contributed by atoms with van der Waals surface area (Å²) in [6.07, 6.45) is 0.532. The Labute approximate surface area is 155 Å². The Kier molecular flexibility index (Phi) is 8.06. The zero-order chi connectivity index (χ0) is 18.8. The molecule has 0 aromatic heterocycles. The molecule has 0 aliphatic rings. The molecule has 0 fully saturated rings. The van der Waals surface area contributed by atoms with E-state index >= 15 is 0 Å².